The van der Waals surface area contributed by atoms with Crippen LogP contribution in [0.1, 0.15) is 55.0 Å². The molecule has 3 rings (SSSR count). The number of aromatic amines is 1. The number of nitrogens with zero attached hydrogens (tertiary/aromatic N) is 1. The molecule has 0 fully saturated rings. The summed E-state index contributed by atoms with van der Waals surface area (Å²) in [5.41, 5.74) is 4.05. The molecule has 0 spiro atoms. The molecule has 3 aromatic rings. The van der Waals surface area contributed by atoms with E-state index in [0.717, 1.165) is 56.2 Å². The van der Waals surface area contributed by atoms with Gasteiger partial charge < -0.3 is 0 Å². The number of carbonyl (C=O) groups excluding carboxylic acids is 1. The Morgan fingerprint density at radius 2 is 1.32 bits per heavy atom. The topological polar surface area (TPSA) is 74.8 Å². The first-order valence-corrected chi connectivity index (χ1v) is 11.1. The summed E-state index contributed by atoms with van der Waals surface area (Å²) in [6.07, 6.45) is 7.36. The zero-order chi connectivity index (χ0) is 21.9. The molecule has 0 aliphatic carbocycles. The van der Waals surface area contributed by atoms with Crippen molar-refractivity contribution in [3.8, 4) is 0 Å². The number of nitrogens with one attached hydrogen (secondary N) is 2. The number of benzene rings is 2. The van der Waals surface area contributed by atoms with Gasteiger partial charge in [-0.1, -0.05) is 60.7 Å². The van der Waals surface area contributed by atoms with Crippen LogP contribution in [0, 0.1) is 0 Å². The quantitative estimate of drug-likeness (QED) is 0.438. The van der Waals surface area contributed by atoms with Gasteiger partial charge in [0.1, 0.15) is 0 Å². The molecule has 2 N–H and O–H groups in total. The van der Waals surface area contributed by atoms with Crippen LogP contribution in [0.4, 0.5) is 5.95 Å². The molecule has 1 amide bonds. The smallest absolute Gasteiger partial charge is 0.255 e. The number of aryl methyl sites for hydroxylation is 3. The Labute approximate surface area is 184 Å². The van der Waals surface area contributed by atoms with Crippen LogP contribution in [0.25, 0.3) is 0 Å². The summed E-state index contributed by atoms with van der Waals surface area (Å²) in [6.45, 7) is 1.41. The van der Waals surface area contributed by atoms with Gasteiger partial charge in [-0.05, 0) is 62.5 Å². The van der Waals surface area contributed by atoms with Gasteiger partial charge in [0.2, 0.25) is 11.9 Å². The molecule has 0 aliphatic rings. The molecule has 1 heterocycles. The molecular weight excluding hydrogens is 386 g/mol. The number of carbonyl (C=O) groups is 1. The minimum absolute atomic E-state index is 0.142. The van der Waals surface area contributed by atoms with Crippen LogP contribution in [-0.4, -0.2) is 15.9 Å². The largest absolute Gasteiger partial charge is 0.296 e. The first-order valence-electron chi connectivity index (χ1n) is 11.1. The molecular formula is C26H31N3O2. The fraction of sp³-hybridized carbons (Fsp3) is 0.346. The molecule has 0 radical (unpaired) electrons. The number of anilines is 1. The highest BCUT2D eigenvalue weighted by atomic mass is 16.1. The molecule has 31 heavy (non-hydrogen) atoms. The first-order chi connectivity index (χ1) is 15.1. The number of hydrogen-bond acceptors (Lipinski definition) is 3. The van der Waals surface area contributed by atoms with Gasteiger partial charge in [0.15, 0.2) is 0 Å². The van der Waals surface area contributed by atoms with E-state index >= 15 is 0 Å². The Morgan fingerprint density at radius 3 is 1.87 bits per heavy atom. The van der Waals surface area contributed by atoms with Crippen LogP contribution in [-0.2, 0) is 30.5 Å². The summed E-state index contributed by atoms with van der Waals surface area (Å²) in [6, 6.07) is 20.8. The second-order valence-electron chi connectivity index (χ2n) is 7.91. The summed E-state index contributed by atoms with van der Waals surface area (Å²) in [5.74, 6) is -0.00242. The Morgan fingerprint density at radius 1 is 0.806 bits per heavy atom. The molecule has 0 unspecified atom stereocenters. The number of rotatable bonds is 11. The van der Waals surface area contributed by atoms with Crippen molar-refractivity contribution in [1.29, 1.82) is 0 Å². The van der Waals surface area contributed by atoms with E-state index in [1.54, 1.807) is 0 Å². The molecule has 0 atom stereocenters. The lowest BCUT2D eigenvalue weighted by molar-refractivity contribution is -0.114. The highest BCUT2D eigenvalue weighted by molar-refractivity contribution is 5.86. The lowest BCUT2D eigenvalue weighted by atomic mass is 10.0. The van der Waals surface area contributed by atoms with Crippen LogP contribution in [0.5, 0.6) is 0 Å². The van der Waals surface area contributed by atoms with Crippen molar-refractivity contribution in [2.75, 3.05) is 5.32 Å². The third kappa shape index (κ3) is 7.52. The minimum Gasteiger partial charge on any atom is -0.296 e. The Bertz CT molecular complexity index is 1010. The normalized spacial score (nSPS) is 10.7. The zero-order valence-electron chi connectivity index (χ0n) is 18.2. The van der Waals surface area contributed by atoms with Gasteiger partial charge in [0.25, 0.3) is 5.56 Å². The summed E-state index contributed by atoms with van der Waals surface area (Å²) in [7, 11) is 0. The number of unbranched alkanes of at least 4 members (excludes halogenated alkanes) is 2. The Balaban J connectivity index is 1.61. The Kier molecular flexibility index (Phi) is 8.59. The van der Waals surface area contributed by atoms with E-state index in [4.69, 9.17) is 0 Å². The third-order valence-corrected chi connectivity index (χ3v) is 5.35. The molecule has 0 aliphatic heterocycles. The molecule has 0 saturated heterocycles. The van der Waals surface area contributed by atoms with E-state index in [1.165, 1.54) is 18.1 Å². The lowest BCUT2D eigenvalue weighted by Crippen LogP contribution is -2.22. The number of hydrogen-bond donors (Lipinski definition) is 2. The summed E-state index contributed by atoms with van der Waals surface area (Å²) >= 11 is 0. The van der Waals surface area contributed by atoms with Gasteiger partial charge >= 0.3 is 0 Å². The SMILES string of the molecule is CC(=O)Nc1nc(CCCCc2ccccc2)c(CCCCc2ccccc2)c(=O)[nH]1. The highest BCUT2D eigenvalue weighted by Crippen LogP contribution is 2.14. The standard InChI is InChI=1S/C26H31N3O2/c1-20(30)27-26-28-24(19-11-9-17-22-14-6-3-7-15-22)23(25(31)29-26)18-10-8-16-21-12-4-2-5-13-21/h2-7,12-15H,8-11,16-19H2,1H3,(H2,27,28,29,30,31). The summed E-state index contributed by atoms with van der Waals surface area (Å²) in [4.78, 5) is 31.4. The van der Waals surface area contributed by atoms with Crippen LogP contribution in [0.3, 0.4) is 0 Å². The van der Waals surface area contributed by atoms with Crippen molar-refractivity contribution in [2.24, 2.45) is 0 Å². The maximum atomic E-state index is 12.7. The van der Waals surface area contributed by atoms with Crippen LogP contribution < -0.4 is 10.9 Å². The van der Waals surface area contributed by atoms with Crippen LogP contribution in [0.2, 0.25) is 0 Å². The zero-order valence-corrected chi connectivity index (χ0v) is 18.2. The second-order valence-corrected chi connectivity index (χ2v) is 7.91. The predicted octanol–water partition coefficient (Wildman–Crippen LogP) is 4.86. The lowest BCUT2D eigenvalue weighted by Gasteiger charge is -2.11. The number of amides is 1. The van der Waals surface area contributed by atoms with Crippen molar-refractivity contribution < 1.29 is 4.79 Å². The number of H-pyrrole nitrogens is 1. The highest BCUT2D eigenvalue weighted by Gasteiger charge is 2.12. The predicted molar refractivity (Wildman–Crippen MR) is 125 cm³/mol. The van der Waals surface area contributed by atoms with Gasteiger partial charge in [0, 0.05) is 12.5 Å². The molecule has 5 nitrogen and oxygen atoms in total. The fourth-order valence-electron chi connectivity index (χ4n) is 3.78. The first kappa shape index (κ1) is 22.5. The van der Waals surface area contributed by atoms with E-state index in [0.29, 0.717) is 6.42 Å². The molecule has 5 heteroatoms. The average molecular weight is 418 g/mol. The van der Waals surface area contributed by atoms with Crippen LogP contribution in [0.15, 0.2) is 65.5 Å². The maximum absolute atomic E-state index is 12.7. The minimum atomic E-state index is -0.242. The van der Waals surface area contributed by atoms with Gasteiger partial charge in [-0.15, -0.1) is 0 Å². The van der Waals surface area contributed by atoms with Crippen molar-refractivity contribution >= 4 is 11.9 Å². The average Bonchev–Trinajstić information content (AvgIpc) is 2.76. The Hall–Kier alpha value is -3.21. The molecule has 0 bridgehead atoms. The van der Waals surface area contributed by atoms with Crippen molar-refractivity contribution in [1.82, 2.24) is 9.97 Å². The summed E-state index contributed by atoms with van der Waals surface area (Å²) in [5, 5.41) is 2.61. The molecule has 0 saturated carbocycles. The van der Waals surface area contributed by atoms with Crippen molar-refractivity contribution in [3.05, 3.63) is 93.4 Å². The van der Waals surface area contributed by atoms with Gasteiger partial charge in [-0.3, -0.25) is 19.9 Å². The second kappa shape index (κ2) is 11.8. The van der Waals surface area contributed by atoms with E-state index < -0.39 is 0 Å². The van der Waals surface area contributed by atoms with E-state index in [9.17, 15) is 9.59 Å². The van der Waals surface area contributed by atoms with Crippen molar-refractivity contribution in [2.45, 2.75) is 58.3 Å². The maximum Gasteiger partial charge on any atom is 0.255 e. The van der Waals surface area contributed by atoms with Gasteiger partial charge in [0.05, 0.1) is 5.69 Å². The van der Waals surface area contributed by atoms with E-state index in [-0.39, 0.29) is 17.4 Å². The number of aromatic nitrogens is 2. The van der Waals surface area contributed by atoms with Crippen LogP contribution >= 0.6 is 0 Å². The summed E-state index contributed by atoms with van der Waals surface area (Å²) < 4.78 is 0. The molecule has 2 aromatic carbocycles. The third-order valence-electron chi connectivity index (χ3n) is 5.35. The fourth-order valence-corrected chi connectivity index (χ4v) is 3.78. The molecule has 162 valence electrons. The van der Waals surface area contributed by atoms with Gasteiger partial charge in [-0.25, -0.2) is 4.98 Å². The van der Waals surface area contributed by atoms with Crippen molar-refractivity contribution in [3.63, 3.8) is 0 Å². The monoisotopic (exact) mass is 417 g/mol. The molecule has 1 aromatic heterocycles. The van der Waals surface area contributed by atoms with E-state index in [2.05, 4.69) is 63.8 Å². The van der Waals surface area contributed by atoms with Gasteiger partial charge in [-0.2, -0.15) is 0 Å². The van der Waals surface area contributed by atoms with E-state index in [1.807, 2.05) is 12.1 Å².